The first kappa shape index (κ1) is 17.4. The lowest BCUT2D eigenvalue weighted by molar-refractivity contribution is -0.119. The van der Waals surface area contributed by atoms with E-state index < -0.39 is 23.4 Å². The Morgan fingerprint density at radius 1 is 1.09 bits per heavy atom. The van der Waals surface area contributed by atoms with Crippen LogP contribution in [-0.2, 0) is 4.79 Å². The second-order valence-electron chi connectivity index (χ2n) is 4.35. The van der Waals surface area contributed by atoms with Gasteiger partial charge in [0, 0.05) is 9.37 Å². The Morgan fingerprint density at radius 3 is 2.52 bits per heavy atom. The van der Waals surface area contributed by atoms with Crippen molar-refractivity contribution >= 4 is 39.5 Å². The second-order valence-corrected chi connectivity index (χ2v) is 6.22. The van der Waals surface area contributed by atoms with Crippen molar-refractivity contribution in [2.24, 2.45) is 0 Å². The van der Waals surface area contributed by atoms with Crippen LogP contribution in [0.3, 0.4) is 0 Å². The monoisotopic (exact) mass is 400 g/mol. The summed E-state index contributed by atoms with van der Waals surface area (Å²) in [6.07, 6.45) is 0. The van der Waals surface area contributed by atoms with Crippen LogP contribution in [0.2, 0.25) is 0 Å². The Morgan fingerprint density at radius 2 is 1.83 bits per heavy atom. The lowest BCUT2D eigenvalue weighted by atomic mass is 10.2. The number of hydrogen-bond acceptors (Lipinski definition) is 3. The molecular formula is C15H11BrF2N2O2S. The molecular weight excluding hydrogens is 390 g/mol. The predicted molar refractivity (Wildman–Crippen MR) is 86.8 cm³/mol. The van der Waals surface area contributed by atoms with Gasteiger partial charge in [-0.2, -0.15) is 0 Å². The summed E-state index contributed by atoms with van der Waals surface area (Å²) < 4.78 is 26.6. The number of carbonyl (C=O) groups excluding carboxylic acids is 2. The van der Waals surface area contributed by atoms with Crippen LogP contribution >= 0.6 is 27.7 Å². The Labute approximate surface area is 143 Å². The normalized spacial score (nSPS) is 10.2. The van der Waals surface area contributed by atoms with Gasteiger partial charge in [-0.25, -0.2) is 8.78 Å². The highest BCUT2D eigenvalue weighted by Crippen LogP contribution is 2.20. The molecule has 2 aromatic rings. The van der Waals surface area contributed by atoms with Gasteiger partial charge in [-0.1, -0.05) is 12.1 Å². The minimum absolute atomic E-state index is 0.0637. The number of thioether (sulfide) groups is 1. The summed E-state index contributed by atoms with van der Waals surface area (Å²) in [6, 6.07) is 9.64. The first-order valence-electron chi connectivity index (χ1n) is 6.39. The van der Waals surface area contributed by atoms with Crippen LogP contribution in [0.5, 0.6) is 0 Å². The molecule has 0 radical (unpaired) electrons. The first-order valence-corrected chi connectivity index (χ1v) is 8.17. The molecule has 120 valence electrons. The van der Waals surface area contributed by atoms with E-state index in [1.807, 2.05) is 0 Å². The molecule has 0 unspecified atom stereocenters. The van der Waals surface area contributed by atoms with Crippen molar-refractivity contribution in [1.29, 1.82) is 0 Å². The molecule has 0 bridgehead atoms. The van der Waals surface area contributed by atoms with E-state index in [1.54, 1.807) is 18.2 Å². The molecule has 0 aliphatic rings. The standard InChI is InChI=1S/C15H11BrF2N2O2S/c16-11-7-9(17)5-6-10(11)15(22)20-19-14(21)8-23-13-4-2-1-3-12(13)18/h1-7H,8H2,(H,19,21)(H,20,22). The lowest BCUT2D eigenvalue weighted by Crippen LogP contribution is -2.42. The highest BCUT2D eigenvalue weighted by atomic mass is 79.9. The first-order chi connectivity index (χ1) is 11.0. The molecule has 0 heterocycles. The van der Waals surface area contributed by atoms with E-state index in [9.17, 15) is 18.4 Å². The van der Waals surface area contributed by atoms with Crippen molar-refractivity contribution < 1.29 is 18.4 Å². The average Bonchev–Trinajstić information content (AvgIpc) is 2.52. The van der Waals surface area contributed by atoms with E-state index in [0.29, 0.717) is 4.90 Å². The number of carbonyl (C=O) groups is 2. The van der Waals surface area contributed by atoms with Gasteiger partial charge in [0.05, 0.1) is 11.3 Å². The van der Waals surface area contributed by atoms with Gasteiger partial charge in [-0.3, -0.25) is 20.4 Å². The van der Waals surface area contributed by atoms with Gasteiger partial charge < -0.3 is 0 Å². The molecule has 23 heavy (non-hydrogen) atoms. The zero-order chi connectivity index (χ0) is 16.8. The molecule has 8 heteroatoms. The van der Waals surface area contributed by atoms with Crippen molar-refractivity contribution in [3.8, 4) is 0 Å². The Hall–Kier alpha value is -1.93. The number of benzene rings is 2. The maximum Gasteiger partial charge on any atom is 0.270 e. The lowest BCUT2D eigenvalue weighted by Gasteiger charge is -2.08. The van der Waals surface area contributed by atoms with Crippen molar-refractivity contribution in [2.75, 3.05) is 5.75 Å². The number of halogens is 3. The van der Waals surface area contributed by atoms with Crippen molar-refractivity contribution in [1.82, 2.24) is 10.9 Å². The summed E-state index contributed by atoms with van der Waals surface area (Å²) in [5.74, 6) is -2.06. The minimum atomic E-state index is -0.596. The maximum absolute atomic E-state index is 13.4. The number of rotatable bonds is 4. The molecule has 0 saturated carbocycles. The molecule has 2 amide bonds. The summed E-state index contributed by atoms with van der Waals surface area (Å²) in [7, 11) is 0. The SMILES string of the molecule is O=C(CSc1ccccc1F)NNC(=O)c1ccc(F)cc1Br. The zero-order valence-electron chi connectivity index (χ0n) is 11.6. The molecule has 2 aromatic carbocycles. The summed E-state index contributed by atoms with van der Waals surface area (Å²) in [4.78, 5) is 23.9. The third-order valence-corrected chi connectivity index (χ3v) is 4.39. The van der Waals surface area contributed by atoms with E-state index in [2.05, 4.69) is 26.8 Å². The van der Waals surface area contributed by atoms with Crippen LogP contribution in [0, 0.1) is 11.6 Å². The smallest absolute Gasteiger partial charge is 0.270 e. The molecule has 0 saturated heterocycles. The highest BCUT2D eigenvalue weighted by Gasteiger charge is 2.12. The molecule has 2 N–H and O–H groups in total. The number of amides is 2. The van der Waals surface area contributed by atoms with Crippen LogP contribution < -0.4 is 10.9 Å². The molecule has 0 fully saturated rings. The van der Waals surface area contributed by atoms with E-state index in [0.717, 1.165) is 23.9 Å². The van der Waals surface area contributed by atoms with Gasteiger partial charge >= 0.3 is 0 Å². The summed E-state index contributed by atoms with van der Waals surface area (Å²) in [5, 5.41) is 0. The van der Waals surface area contributed by atoms with Crippen LogP contribution in [0.15, 0.2) is 51.8 Å². The highest BCUT2D eigenvalue weighted by molar-refractivity contribution is 9.10. The molecule has 4 nitrogen and oxygen atoms in total. The Balaban J connectivity index is 1.84. The molecule has 0 spiro atoms. The van der Waals surface area contributed by atoms with E-state index in [4.69, 9.17) is 0 Å². The largest absolute Gasteiger partial charge is 0.272 e. The average molecular weight is 401 g/mol. The minimum Gasteiger partial charge on any atom is -0.272 e. The molecule has 0 aliphatic heterocycles. The summed E-state index contributed by atoms with van der Waals surface area (Å²) >= 11 is 4.08. The van der Waals surface area contributed by atoms with Crippen LogP contribution in [0.1, 0.15) is 10.4 Å². The van der Waals surface area contributed by atoms with Crippen molar-refractivity contribution in [3.63, 3.8) is 0 Å². The fraction of sp³-hybridized carbons (Fsp3) is 0.0667. The third kappa shape index (κ3) is 5.04. The van der Waals surface area contributed by atoms with Crippen LogP contribution in [0.4, 0.5) is 8.78 Å². The molecule has 0 aromatic heterocycles. The summed E-state index contributed by atoms with van der Waals surface area (Å²) in [6.45, 7) is 0. The number of hydrazine groups is 1. The molecule has 0 aliphatic carbocycles. The fourth-order valence-electron chi connectivity index (χ4n) is 1.61. The Bertz CT molecular complexity index is 743. The van der Waals surface area contributed by atoms with Gasteiger partial charge in [-0.05, 0) is 46.3 Å². The summed E-state index contributed by atoms with van der Waals surface area (Å²) in [5.41, 5.74) is 4.60. The topological polar surface area (TPSA) is 58.2 Å². The fourth-order valence-corrected chi connectivity index (χ4v) is 2.88. The van der Waals surface area contributed by atoms with E-state index in [1.165, 1.54) is 12.1 Å². The third-order valence-electron chi connectivity index (χ3n) is 2.69. The van der Waals surface area contributed by atoms with Gasteiger partial charge in [0.25, 0.3) is 5.91 Å². The molecule has 2 rings (SSSR count). The van der Waals surface area contributed by atoms with E-state index in [-0.39, 0.29) is 15.8 Å². The zero-order valence-corrected chi connectivity index (χ0v) is 14.0. The predicted octanol–water partition coefficient (Wildman–Crippen LogP) is 3.28. The second kappa shape index (κ2) is 8.07. The van der Waals surface area contributed by atoms with Crippen LogP contribution in [0.25, 0.3) is 0 Å². The van der Waals surface area contributed by atoms with Gasteiger partial charge in [-0.15, -0.1) is 11.8 Å². The van der Waals surface area contributed by atoms with Gasteiger partial charge in [0.15, 0.2) is 0 Å². The van der Waals surface area contributed by atoms with E-state index >= 15 is 0 Å². The Kier molecular flexibility index (Phi) is 6.12. The van der Waals surface area contributed by atoms with Gasteiger partial charge in [0.1, 0.15) is 11.6 Å². The van der Waals surface area contributed by atoms with Crippen molar-refractivity contribution in [3.05, 3.63) is 64.1 Å². The maximum atomic E-state index is 13.4. The number of hydrogen-bond donors (Lipinski definition) is 2. The van der Waals surface area contributed by atoms with Crippen LogP contribution in [-0.4, -0.2) is 17.6 Å². The number of nitrogens with one attached hydrogen (secondary N) is 2. The van der Waals surface area contributed by atoms with Crippen molar-refractivity contribution in [2.45, 2.75) is 4.90 Å². The molecule has 0 atom stereocenters. The van der Waals surface area contributed by atoms with Gasteiger partial charge in [0.2, 0.25) is 5.91 Å². The quantitative estimate of drug-likeness (QED) is 0.611.